The van der Waals surface area contributed by atoms with E-state index in [-0.39, 0.29) is 56.9 Å². The molecular formula is C59H52N4O. The molecule has 9 aromatic rings. The van der Waals surface area contributed by atoms with Gasteiger partial charge in [0.25, 0.3) is 0 Å². The number of aromatic nitrogens is 3. The molecule has 5 heteroatoms. The monoisotopic (exact) mass is 851 g/mol. The highest BCUT2D eigenvalue weighted by Gasteiger charge is 2.20. The highest BCUT2D eigenvalue weighted by molar-refractivity contribution is 6.09. The van der Waals surface area contributed by atoms with Crippen molar-refractivity contribution in [1.82, 2.24) is 15.0 Å². The Hall–Kier alpha value is -7.16. The van der Waals surface area contributed by atoms with Crippen molar-refractivity contribution in [1.29, 1.82) is 5.26 Å². The summed E-state index contributed by atoms with van der Waals surface area (Å²) in [5, 5.41) is 10.5. The first kappa shape index (κ1) is 25.2. The normalized spacial score (nSPS) is 19.2. The maximum Gasteiger partial charge on any atom is 0.144 e. The van der Waals surface area contributed by atoms with E-state index in [4.69, 9.17) is 11.3 Å². The molecule has 1 aliphatic carbocycles. The van der Waals surface area contributed by atoms with Gasteiger partial charge in [-0.25, -0.2) is 0 Å². The van der Waals surface area contributed by atoms with E-state index in [1.54, 1.807) is 78.9 Å². The number of benzene rings is 5. The van der Waals surface area contributed by atoms with Gasteiger partial charge in [0.1, 0.15) is 11.2 Å². The van der Waals surface area contributed by atoms with E-state index >= 15 is 0 Å². The van der Waals surface area contributed by atoms with Gasteiger partial charge in [0.2, 0.25) is 0 Å². The lowest BCUT2D eigenvalue weighted by atomic mass is 9.81. The number of nitrogens with zero attached hydrogens (tertiary/aromatic N) is 4. The quantitative estimate of drug-likeness (QED) is 0.115. The van der Waals surface area contributed by atoms with Crippen molar-refractivity contribution >= 4 is 21.9 Å². The number of pyridine rings is 3. The van der Waals surface area contributed by atoms with Crippen molar-refractivity contribution in [3.8, 4) is 39.8 Å². The molecule has 0 bridgehead atoms. The predicted octanol–water partition coefficient (Wildman–Crippen LogP) is 14.4. The number of hydrogen-bond donors (Lipinski definition) is 0. The van der Waals surface area contributed by atoms with Crippen LogP contribution in [0.2, 0.25) is 0 Å². The largest absolute Gasteiger partial charge is 0.455 e. The van der Waals surface area contributed by atoms with Gasteiger partial charge in [0.05, 0.1) is 31.5 Å². The summed E-state index contributed by atoms with van der Waals surface area (Å²) in [6, 6.07) is 33.2. The average molecular weight is 851 g/mol. The molecule has 0 atom stereocenters. The van der Waals surface area contributed by atoms with Crippen LogP contribution >= 0.6 is 0 Å². The summed E-state index contributed by atoms with van der Waals surface area (Å²) in [7, 11) is 0. The van der Waals surface area contributed by atoms with E-state index in [9.17, 15) is 23.1 Å². The summed E-state index contributed by atoms with van der Waals surface area (Å²) in [6.07, 6.45) is -13.8. The first-order valence-electron chi connectivity index (χ1n) is 30.1. The molecule has 1 saturated carbocycles. The summed E-state index contributed by atoms with van der Waals surface area (Å²) >= 11 is 0. The smallest absolute Gasteiger partial charge is 0.144 e. The fourth-order valence-electron chi connectivity index (χ4n) is 8.01. The summed E-state index contributed by atoms with van der Waals surface area (Å²) in [5.74, 6) is -1.40. The van der Waals surface area contributed by atoms with Gasteiger partial charge in [-0.3, -0.25) is 15.0 Å². The first-order chi connectivity index (χ1) is 38.5. The summed E-state index contributed by atoms with van der Waals surface area (Å²) in [6.45, 7) is -3.04. The molecule has 4 aromatic heterocycles. The number of furan rings is 1. The van der Waals surface area contributed by atoms with Gasteiger partial charge in [0.15, 0.2) is 0 Å². The standard InChI is InChI=1S/C59H52N4O/c1-40-30-56(47-14-7-3-8-15-47)62-38-49(40)26-22-43-31-42(21-20-41-25-29-55(61-37-41)53-19-11-18-52-51-28-24-45(36-60)34-58(51)64-59(52)53)32-44(33-43)23-27-50-39-63-57(48-16-9-4-10-17-48)35-54(50)46-12-5-2-6-13-46/h3-4,7-11,14-19,24-25,28-35,37-39,46H,2,5-6,12-13,20-23,26-27H2,1H3/i1D3,20D2,21D2,22D2,23D2,24D,26D2,27D2,34D,46D. The van der Waals surface area contributed by atoms with Gasteiger partial charge >= 0.3 is 0 Å². The highest BCUT2D eigenvalue weighted by Crippen LogP contribution is 2.38. The fraction of sp³-hybridized carbons (Fsp3) is 0.220. The molecule has 0 N–H and O–H groups in total. The minimum Gasteiger partial charge on any atom is -0.455 e. The van der Waals surface area contributed by atoms with Crippen LogP contribution in [-0.2, 0) is 38.2 Å². The molecule has 0 amide bonds. The Morgan fingerprint density at radius 2 is 1.28 bits per heavy atom. The molecule has 314 valence electrons. The number of fused-ring (bicyclic) bond motifs is 3. The molecule has 5 aromatic carbocycles. The Balaban J connectivity index is 1.12. The number of rotatable bonds is 13. The number of para-hydroxylation sites is 1. The Labute approximate surface area is 401 Å². The second-order valence-corrected chi connectivity index (χ2v) is 15.5. The van der Waals surface area contributed by atoms with Crippen LogP contribution in [0.3, 0.4) is 0 Å². The van der Waals surface area contributed by atoms with Gasteiger partial charge in [-0.1, -0.05) is 116 Å². The molecule has 0 spiro atoms. The van der Waals surface area contributed by atoms with Crippen molar-refractivity contribution in [2.75, 3.05) is 0 Å². The van der Waals surface area contributed by atoms with E-state index in [0.717, 1.165) is 43.1 Å². The van der Waals surface area contributed by atoms with Gasteiger partial charge in [-0.2, -0.15) is 5.26 Å². The molecule has 1 fully saturated rings. The van der Waals surface area contributed by atoms with Gasteiger partial charge < -0.3 is 4.42 Å². The molecule has 0 radical (unpaired) electrons. The molecule has 4 heterocycles. The van der Waals surface area contributed by atoms with E-state index in [0.29, 0.717) is 58.8 Å². The molecule has 10 rings (SSSR count). The third-order valence-corrected chi connectivity index (χ3v) is 11.3. The van der Waals surface area contributed by atoms with Crippen LogP contribution in [0.15, 0.2) is 162 Å². The maximum atomic E-state index is 9.84. The van der Waals surface area contributed by atoms with E-state index in [1.807, 2.05) is 12.1 Å². The first-order valence-corrected chi connectivity index (χ1v) is 21.1. The van der Waals surface area contributed by atoms with E-state index < -0.39 is 78.8 Å². The molecular weight excluding hydrogens is 781 g/mol. The lowest BCUT2D eigenvalue weighted by Crippen LogP contribution is -2.09. The van der Waals surface area contributed by atoms with E-state index in [1.165, 1.54) is 24.4 Å². The third-order valence-electron chi connectivity index (χ3n) is 11.3. The van der Waals surface area contributed by atoms with Crippen LogP contribution in [0.1, 0.15) is 113 Å². The summed E-state index contributed by atoms with van der Waals surface area (Å²) in [4.78, 5) is 13.4. The molecule has 1 aliphatic rings. The minimum absolute atomic E-state index is 0.0607. The number of nitriles is 1. The van der Waals surface area contributed by atoms with Crippen molar-refractivity contribution in [3.05, 3.63) is 208 Å². The second kappa shape index (κ2) is 18.7. The van der Waals surface area contributed by atoms with Crippen molar-refractivity contribution in [2.24, 2.45) is 0 Å². The predicted molar refractivity (Wildman–Crippen MR) is 260 cm³/mol. The topological polar surface area (TPSA) is 75.6 Å². The zero-order valence-corrected chi connectivity index (χ0v) is 34.6. The van der Waals surface area contributed by atoms with Crippen LogP contribution in [0.5, 0.6) is 0 Å². The van der Waals surface area contributed by atoms with Gasteiger partial charge in [-0.15, -0.1) is 0 Å². The van der Waals surface area contributed by atoms with Gasteiger partial charge in [-0.05, 0) is 151 Å². The zero-order valence-electron chi connectivity index (χ0n) is 52.6. The fourth-order valence-corrected chi connectivity index (χ4v) is 8.01. The SMILES string of the molecule is [2H]c1cc2c(oc3c(-c4ccc(C([2H])([2H])C([2H])([2H])c5cc(C([2H])([2H])C([2H])([2H])c6cnc(-c7ccccc7)cc6C([2H])([2H])[2H])cc(C([2H])([2H])C([2H])([2H])c6cnc(-c7ccccc7)cc6C6([2H])CCCCC6)c5)cn4)cccc32)c([2H])c1C#N. The summed E-state index contributed by atoms with van der Waals surface area (Å²) in [5.41, 5.74) is -1.67. The summed E-state index contributed by atoms with van der Waals surface area (Å²) < 4.78 is 174. The lowest BCUT2D eigenvalue weighted by Gasteiger charge is -2.25. The Morgan fingerprint density at radius 3 is 1.95 bits per heavy atom. The van der Waals surface area contributed by atoms with Crippen LogP contribution in [0.25, 0.3) is 55.7 Å². The van der Waals surface area contributed by atoms with Crippen molar-refractivity contribution in [2.45, 2.75) is 83.1 Å². The second-order valence-electron chi connectivity index (χ2n) is 15.5. The minimum atomic E-state index is -3.43. The Kier molecular flexibility index (Phi) is 7.36. The third kappa shape index (κ3) is 9.01. The average Bonchev–Trinajstić information content (AvgIpc) is 4.00. The molecule has 0 aliphatic heterocycles. The van der Waals surface area contributed by atoms with Crippen molar-refractivity contribution in [3.63, 3.8) is 0 Å². The molecule has 0 saturated heterocycles. The molecule has 0 unspecified atom stereocenters. The van der Waals surface area contributed by atoms with Crippen LogP contribution in [-0.4, -0.2) is 15.0 Å². The number of aryl methyl sites for hydroxylation is 7. The molecule has 64 heavy (non-hydrogen) atoms. The van der Waals surface area contributed by atoms with Gasteiger partial charge in [0, 0.05) is 68.0 Å². The molecule has 5 nitrogen and oxygen atoms in total. The Morgan fingerprint density at radius 1 is 0.641 bits per heavy atom. The van der Waals surface area contributed by atoms with Crippen molar-refractivity contribution < 1.29 is 29.1 Å². The van der Waals surface area contributed by atoms with Crippen LogP contribution < -0.4 is 0 Å². The van der Waals surface area contributed by atoms with Crippen LogP contribution in [0, 0.1) is 18.2 Å². The highest BCUT2D eigenvalue weighted by atomic mass is 16.3. The van der Waals surface area contributed by atoms with Crippen LogP contribution in [0.4, 0.5) is 0 Å². The number of hydrogen-bond acceptors (Lipinski definition) is 5. The zero-order chi connectivity index (χ0) is 59.2. The Bertz CT molecular complexity index is 3960. The lowest BCUT2D eigenvalue weighted by molar-refractivity contribution is 0.441. The van der Waals surface area contributed by atoms with E-state index in [2.05, 4.69) is 15.0 Å². The maximum absolute atomic E-state index is 9.84.